The summed E-state index contributed by atoms with van der Waals surface area (Å²) in [5.41, 5.74) is 3.99. The van der Waals surface area contributed by atoms with Crippen LogP contribution in [0.5, 0.6) is 5.75 Å². The Kier molecular flexibility index (Phi) is 4.94. The summed E-state index contributed by atoms with van der Waals surface area (Å²) < 4.78 is 0. The fourth-order valence-corrected chi connectivity index (χ4v) is 3.06. The van der Waals surface area contributed by atoms with Crippen LogP contribution in [0.2, 0.25) is 0 Å². The molecule has 2 heteroatoms. The van der Waals surface area contributed by atoms with E-state index in [0.29, 0.717) is 12.1 Å². The average Bonchev–Trinajstić information content (AvgIpc) is 2.54. The van der Waals surface area contributed by atoms with E-state index >= 15 is 0 Å². The van der Waals surface area contributed by atoms with Gasteiger partial charge < -0.3 is 5.11 Å². The molecular weight excluding hydrogens is 279 g/mol. The van der Waals surface area contributed by atoms with Crippen molar-refractivity contribution in [3.63, 3.8) is 0 Å². The molecule has 0 saturated heterocycles. The van der Waals surface area contributed by atoms with Crippen LogP contribution < -0.4 is 0 Å². The molecule has 0 aromatic heterocycles. The van der Waals surface area contributed by atoms with Gasteiger partial charge in [-0.05, 0) is 28.5 Å². The van der Waals surface area contributed by atoms with Crippen molar-refractivity contribution in [3.8, 4) is 5.75 Å². The van der Waals surface area contributed by atoms with Crippen molar-refractivity contribution in [1.82, 2.24) is 0 Å². The van der Waals surface area contributed by atoms with Crippen molar-refractivity contribution >= 4 is 7.85 Å². The Morgan fingerprint density at radius 1 is 0.957 bits per heavy atom. The number of hydrogen-bond donors (Lipinski definition) is 1. The third-order valence-electron chi connectivity index (χ3n) is 4.99. The molecule has 1 nitrogen and oxygen atoms in total. The minimum atomic E-state index is -0.240. The SMILES string of the molecule is [B]Cc1cc(C(C)(C)C)cc(C(C)(CC)c2ccccc2)c1O. The first-order chi connectivity index (χ1) is 10.7. The van der Waals surface area contributed by atoms with Gasteiger partial charge >= 0.3 is 0 Å². The van der Waals surface area contributed by atoms with Gasteiger partial charge in [0.15, 0.2) is 0 Å². The lowest BCUT2D eigenvalue weighted by atomic mass is 9.71. The van der Waals surface area contributed by atoms with Crippen molar-refractivity contribution < 1.29 is 5.11 Å². The van der Waals surface area contributed by atoms with Crippen molar-refractivity contribution in [2.75, 3.05) is 0 Å². The lowest BCUT2D eigenvalue weighted by Crippen LogP contribution is -2.24. The van der Waals surface area contributed by atoms with Gasteiger partial charge in [0.1, 0.15) is 5.75 Å². The number of phenols is 1. The highest BCUT2D eigenvalue weighted by atomic mass is 16.3. The maximum absolute atomic E-state index is 10.8. The van der Waals surface area contributed by atoms with E-state index in [0.717, 1.165) is 17.5 Å². The molecule has 0 spiro atoms. The Balaban J connectivity index is 2.74. The molecular formula is C21H27BO. The van der Waals surface area contributed by atoms with E-state index in [2.05, 4.69) is 65.0 Å². The van der Waals surface area contributed by atoms with Gasteiger partial charge in [-0.15, -0.1) is 0 Å². The van der Waals surface area contributed by atoms with Gasteiger partial charge in [-0.1, -0.05) is 83.4 Å². The first-order valence-corrected chi connectivity index (χ1v) is 8.36. The van der Waals surface area contributed by atoms with Crippen molar-refractivity contribution in [2.24, 2.45) is 0 Å². The lowest BCUT2D eigenvalue weighted by Gasteiger charge is -2.33. The van der Waals surface area contributed by atoms with Crippen LogP contribution in [0.25, 0.3) is 0 Å². The highest BCUT2D eigenvalue weighted by Gasteiger charge is 2.32. The zero-order chi connectivity index (χ0) is 17.3. The minimum absolute atomic E-state index is 0.0116. The number of aromatic hydroxyl groups is 1. The average molecular weight is 306 g/mol. The molecule has 2 aromatic rings. The maximum atomic E-state index is 10.8. The van der Waals surface area contributed by atoms with E-state index < -0.39 is 0 Å². The molecule has 0 aliphatic rings. The highest BCUT2D eigenvalue weighted by molar-refractivity contribution is 6.08. The zero-order valence-corrected chi connectivity index (χ0v) is 15.0. The number of benzene rings is 2. The zero-order valence-electron chi connectivity index (χ0n) is 15.0. The highest BCUT2D eigenvalue weighted by Crippen LogP contribution is 2.43. The van der Waals surface area contributed by atoms with E-state index in [1.807, 2.05) is 12.1 Å². The summed E-state index contributed by atoms with van der Waals surface area (Å²) in [5.74, 6) is 0.341. The molecule has 120 valence electrons. The Morgan fingerprint density at radius 3 is 2.04 bits per heavy atom. The summed E-state index contributed by atoms with van der Waals surface area (Å²) in [5, 5.41) is 10.8. The van der Waals surface area contributed by atoms with E-state index in [-0.39, 0.29) is 10.8 Å². The summed E-state index contributed by atoms with van der Waals surface area (Å²) in [6.07, 6.45) is 1.25. The minimum Gasteiger partial charge on any atom is -0.507 e. The Bertz CT molecular complexity index is 670. The number of rotatable bonds is 4. The molecule has 0 amide bonds. The Morgan fingerprint density at radius 2 is 1.57 bits per heavy atom. The molecule has 0 aliphatic heterocycles. The first kappa shape index (κ1) is 17.7. The smallest absolute Gasteiger partial charge is 0.122 e. The second-order valence-corrected chi connectivity index (χ2v) is 7.54. The van der Waals surface area contributed by atoms with Crippen molar-refractivity contribution in [2.45, 2.75) is 58.2 Å². The van der Waals surface area contributed by atoms with Gasteiger partial charge in [0.2, 0.25) is 0 Å². The van der Waals surface area contributed by atoms with Gasteiger partial charge in [-0.3, -0.25) is 0 Å². The van der Waals surface area contributed by atoms with Crippen molar-refractivity contribution in [3.05, 3.63) is 64.7 Å². The van der Waals surface area contributed by atoms with Crippen LogP contribution in [0.3, 0.4) is 0 Å². The summed E-state index contributed by atoms with van der Waals surface area (Å²) in [6.45, 7) is 10.9. The standard InChI is InChI=1S/C21H27BO/c1-6-21(5,16-10-8-7-9-11-16)18-13-17(20(2,3)4)12-15(14-22)19(18)23/h7-13,23H,6,14H2,1-5H3. The van der Waals surface area contributed by atoms with Crippen LogP contribution in [0, 0.1) is 0 Å². The first-order valence-electron chi connectivity index (χ1n) is 8.36. The fourth-order valence-electron chi connectivity index (χ4n) is 3.06. The molecule has 0 heterocycles. The van der Waals surface area contributed by atoms with E-state index in [1.54, 1.807) is 0 Å². The summed E-state index contributed by atoms with van der Waals surface area (Å²) >= 11 is 0. The monoisotopic (exact) mass is 306 g/mol. The summed E-state index contributed by atoms with van der Waals surface area (Å²) in [6, 6.07) is 14.6. The topological polar surface area (TPSA) is 20.2 Å². The predicted molar refractivity (Wildman–Crippen MR) is 99.5 cm³/mol. The molecule has 1 unspecified atom stereocenters. The number of hydrogen-bond acceptors (Lipinski definition) is 1. The van der Waals surface area contributed by atoms with Crippen LogP contribution in [0.1, 0.15) is 63.3 Å². The molecule has 0 bridgehead atoms. The van der Waals surface area contributed by atoms with Crippen LogP contribution in [-0.4, -0.2) is 13.0 Å². The number of phenolic OH excluding ortho intramolecular Hbond substituents is 1. The van der Waals surface area contributed by atoms with Crippen molar-refractivity contribution in [1.29, 1.82) is 0 Å². The maximum Gasteiger partial charge on any atom is 0.122 e. The van der Waals surface area contributed by atoms with Gasteiger partial charge in [0, 0.05) is 11.0 Å². The second-order valence-electron chi connectivity index (χ2n) is 7.54. The van der Waals surface area contributed by atoms with Crippen LogP contribution in [-0.2, 0) is 17.2 Å². The predicted octanol–water partition coefficient (Wildman–Crippen LogP) is 5.07. The lowest BCUT2D eigenvalue weighted by molar-refractivity contribution is 0.435. The Labute approximate surface area is 142 Å². The molecule has 0 fully saturated rings. The van der Waals surface area contributed by atoms with Crippen LogP contribution >= 0.6 is 0 Å². The van der Waals surface area contributed by atoms with E-state index in [9.17, 15) is 5.11 Å². The molecule has 0 aliphatic carbocycles. The van der Waals surface area contributed by atoms with E-state index in [4.69, 9.17) is 7.85 Å². The third kappa shape index (κ3) is 3.31. The quantitative estimate of drug-likeness (QED) is 0.782. The molecule has 0 saturated carbocycles. The Hall–Kier alpha value is -1.70. The van der Waals surface area contributed by atoms with Gasteiger partial charge in [0.25, 0.3) is 0 Å². The molecule has 2 rings (SSSR count). The summed E-state index contributed by atoms with van der Waals surface area (Å²) in [7, 11) is 5.90. The largest absolute Gasteiger partial charge is 0.507 e. The summed E-state index contributed by atoms with van der Waals surface area (Å²) in [4.78, 5) is 0. The third-order valence-corrected chi connectivity index (χ3v) is 4.99. The molecule has 1 N–H and O–H groups in total. The molecule has 2 aromatic carbocycles. The van der Waals surface area contributed by atoms with Crippen LogP contribution in [0.15, 0.2) is 42.5 Å². The van der Waals surface area contributed by atoms with Gasteiger partial charge in [-0.2, -0.15) is 0 Å². The van der Waals surface area contributed by atoms with Crippen LogP contribution in [0.4, 0.5) is 0 Å². The normalized spacial score (nSPS) is 14.5. The van der Waals surface area contributed by atoms with Gasteiger partial charge in [0.05, 0.1) is 7.85 Å². The van der Waals surface area contributed by atoms with Gasteiger partial charge in [-0.25, -0.2) is 0 Å². The fraction of sp³-hybridized carbons (Fsp3) is 0.429. The molecule has 2 radical (unpaired) electrons. The van der Waals surface area contributed by atoms with E-state index in [1.165, 1.54) is 11.1 Å². The second kappa shape index (κ2) is 6.43. The molecule has 23 heavy (non-hydrogen) atoms. The molecule has 1 atom stereocenters.